The smallest absolute Gasteiger partial charge is 0.319 e. The van der Waals surface area contributed by atoms with Crippen LogP contribution >= 0.6 is 0 Å². The summed E-state index contributed by atoms with van der Waals surface area (Å²) >= 11 is 0. The van der Waals surface area contributed by atoms with Gasteiger partial charge in [-0.15, -0.1) is 0 Å². The summed E-state index contributed by atoms with van der Waals surface area (Å²) in [6, 6.07) is 7.68. The zero-order chi connectivity index (χ0) is 17.1. The predicted molar refractivity (Wildman–Crippen MR) is 92.2 cm³/mol. The molecule has 0 spiro atoms. The Morgan fingerprint density at radius 1 is 1.25 bits per heavy atom. The second kappa shape index (κ2) is 6.92. The number of fused-ring (bicyclic) bond motifs is 1. The van der Waals surface area contributed by atoms with Crippen LogP contribution in [-0.4, -0.2) is 52.3 Å². The Balaban J connectivity index is 1.56. The third kappa shape index (κ3) is 3.68. The first-order valence-corrected chi connectivity index (χ1v) is 8.08. The molecule has 2 aromatic rings. The molecule has 0 atom stereocenters. The molecule has 0 aliphatic carbocycles. The van der Waals surface area contributed by atoms with E-state index in [-0.39, 0.29) is 18.6 Å². The molecule has 0 saturated carbocycles. The Morgan fingerprint density at radius 3 is 2.71 bits per heavy atom. The van der Waals surface area contributed by atoms with Crippen LogP contribution in [0.25, 0.3) is 10.9 Å². The minimum atomic E-state index is -0.810. The second-order valence-corrected chi connectivity index (χ2v) is 6.21. The lowest BCUT2D eigenvalue weighted by molar-refractivity contribution is -0.138. The van der Waals surface area contributed by atoms with Crippen LogP contribution in [0, 0.1) is 0 Å². The molecule has 3 rings (SSSR count). The SMILES string of the molecule is Cn1ccc2cccc(NC(=O)NC3CCN(CC(=O)O)CC3)c21. The Kier molecular flexibility index (Phi) is 4.71. The maximum atomic E-state index is 12.3. The maximum absolute atomic E-state index is 12.3. The van der Waals surface area contributed by atoms with Gasteiger partial charge in [-0.05, 0) is 25.0 Å². The molecule has 1 aliphatic heterocycles. The highest BCUT2D eigenvalue weighted by Crippen LogP contribution is 2.23. The van der Waals surface area contributed by atoms with E-state index in [1.54, 1.807) is 0 Å². The molecule has 1 aliphatic rings. The van der Waals surface area contributed by atoms with Gasteiger partial charge in [-0.25, -0.2) is 4.79 Å². The van der Waals surface area contributed by atoms with Crippen LogP contribution in [0.2, 0.25) is 0 Å². The van der Waals surface area contributed by atoms with E-state index in [0.717, 1.165) is 29.4 Å². The van der Waals surface area contributed by atoms with Crippen molar-refractivity contribution < 1.29 is 14.7 Å². The van der Waals surface area contributed by atoms with Gasteiger partial charge in [-0.1, -0.05) is 12.1 Å². The normalized spacial score (nSPS) is 16.2. The van der Waals surface area contributed by atoms with Crippen LogP contribution < -0.4 is 10.6 Å². The number of carbonyl (C=O) groups is 2. The Bertz CT molecular complexity index is 747. The first-order chi connectivity index (χ1) is 11.5. The van der Waals surface area contributed by atoms with Crippen molar-refractivity contribution in [3.05, 3.63) is 30.5 Å². The predicted octanol–water partition coefficient (Wildman–Crippen LogP) is 1.85. The van der Waals surface area contributed by atoms with Crippen molar-refractivity contribution in [2.45, 2.75) is 18.9 Å². The summed E-state index contributed by atoms with van der Waals surface area (Å²) in [5.74, 6) is -0.810. The van der Waals surface area contributed by atoms with Gasteiger partial charge in [0.25, 0.3) is 0 Å². The minimum Gasteiger partial charge on any atom is -0.480 e. The summed E-state index contributed by atoms with van der Waals surface area (Å²) < 4.78 is 1.98. The second-order valence-electron chi connectivity index (χ2n) is 6.21. The highest BCUT2D eigenvalue weighted by Gasteiger charge is 2.22. The number of nitrogens with one attached hydrogen (secondary N) is 2. The number of aliphatic carboxylic acids is 1. The lowest BCUT2D eigenvalue weighted by Gasteiger charge is -2.31. The van der Waals surface area contributed by atoms with E-state index in [2.05, 4.69) is 10.6 Å². The third-order valence-electron chi connectivity index (χ3n) is 4.43. The van der Waals surface area contributed by atoms with Crippen molar-refractivity contribution in [1.29, 1.82) is 0 Å². The number of benzene rings is 1. The molecule has 7 nitrogen and oxygen atoms in total. The maximum Gasteiger partial charge on any atom is 0.319 e. The van der Waals surface area contributed by atoms with Gasteiger partial charge in [-0.2, -0.15) is 0 Å². The lowest BCUT2D eigenvalue weighted by Crippen LogP contribution is -2.47. The van der Waals surface area contributed by atoms with Crippen LogP contribution in [0.4, 0.5) is 10.5 Å². The van der Waals surface area contributed by atoms with Gasteiger partial charge in [0.05, 0.1) is 17.7 Å². The number of carboxylic acid groups (broad SMARTS) is 1. The first-order valence-electron chi connectivity index (χ1n) is 8.08. The van der Waals surface area contributed by atoms with Gasteiger partial charge in [0.2, 0.25) is 0 Å². The van der Waals surface area contributed by atoms with Gasteiger partial charge in [0, 0.05) is 37.8 Å². The number of likely N-dealkylation sites (tertiary alicyclic amines) is 1. The fraction of sp³-hybridized carbons (Fsp3) is 0.412. The summed E-state index contributed by atoms with van der Waals surface area (Å²) in [7, 11) is 1.95. The topological polar surface area (TPSA) is 86.6 Å². The number of rotatable bonds is 4. The molecule has 1 saturated heterocycles. The van der Waals surface area contributed by atoms with Gasteiger partial charge < -0.3 is 20.3 Å². The molecule has 1 aromatic heterocycles. The van der Waals surface area contributed by atoms with Crippen molar-refractivity contribution in [3.8, 4) is 0 Å². The number of anilines is 1. The molecule has 0 unspecified atom stereocenters. The Hall–Kier alpha value is -2.54. The number of hydrogen-bond donors (Lipinski definition) is 3. The highest BCUT2D eigenvalue weighted by molar-refractivity contribution is 6.00. The number of piperidine rings is 1. The first kappa shape index (κ1) is 16.3. The number of carboxylic acids is 1. The number of nitrogens with zero attached hydrogens (tertiary/aromatic N) is 2. The summed E-state index contributed by atoms with van der Waals surface area (Å²) in [5, 5.41) is 15.8. The molecule has 3 N–H and O–H groups in total. The molecule has 128 valence electrons. The number of amides is 2. The Morgan fingerprint density at radius 2 is 2.00 bits per heavy atom. The van der Waals surface area contributed by atoms with E-state index >= 15 is 0 Å². The van der Waals surface area contributed by atoms with E-state index in [1.807, 2.05) is 47.0 Å². The van der Waals surface area contributed by atoms with Gasteiger partial charge in [-0.3, -0.25) is 9.69 Å². The molecule has 24 heavy (non-hydrogen) atoms. The van der Waals surface area contributed by atoms with Gasteiger partial charge in [0.1, 0.15) is 0 Å². The lowest BCUT2D eigenvalue weighted by atomic mass is 10.1. The van der Waals surface area contributed by atoms with Crippen molar-refractivity contribution in [2.24, 2.45) is 7.05 Å². The minimum absolute atomic E-state index is 0.0639. The van der Waals surface area contributed by atoms with Gasteiger partial charge in [0.15, 0.2) is 0 Å². The summed E-state index contributed by atoms with van der Waals surface area (Å²) in [6.45, 7) is 1.43. The van der Waals surface area contributed by atoms with Crippen LogP contribution in [0.1, 0.15) is 12.8 Å². The Labute approximate surface area is 140 Å². The van der Waals surface area contributed by atoms with Crippen molar-refractivity contribution in [2.75, 3.05) is 25.0 Å². The van der Waals surface area contributed by atoms with E-state index in [1.165, 1.54) is 0 Å². The van der Waals surface area contributed by atoms with Crippen LogP contribution in [-0.2, 0) is 11.8 Å². The van der Waals surface area contributed by atoms with Crippen LogP contribution in [0.3, 0.4) is 0 Å². The summed E-state index contributed by atoms with van der Waals surface area (Å²) in [4.78, 5) is 24.9. The number of aromatic nitrogens is 1. The molecule has 0 bridgehead atoms. The number of aryl methyl sites for hydroxylation is 1. The zero-order valence-electron chi connectivity index (χ0n) is 13.7. The number of carbonyl (C=O) groups excluding carboxylic acids is 1. The number of para-hydroxylation sites is 1. The average Bonchev–Trinajstić information content (AvgIpc) is 2.91. The number of urea groups is 1. The molecule has 1 fully saturated rings. The quantitative estimate of drug-likeness (QED) is 0.798. The molecular formula is C17H22N4O3. The molecule has 7 heteroatoms. The van der Waals surface area contributed by atoms with Gasteiger partial charge >= 0.3 is 12.0 Å². The average molecular weight is 330 g/mol. The third-order valence-corrected chi connectivity index (χ3v) is 4.43. The summed E-state index contributed by atoms with van der Waals surface area (Å²) in [5.41, 5.74) is 1.77. The monoisotopic (exact) mass is 330 g/mol. The fourth-order valence-electron chi connectivity index (χ4n) is 3.23. The largest absolute Gasteiger partial charge is 0.480 e. The molecule has 0 radical (unpaired) electrons. The molecule has 2 amide bonds. The number of hydrogen-bond acceptors (Lipinski definition) is 3. The van der Waals surface area contributed by atoms with Crippen LogP contribution in [0.5, 0.6) is 0 Å². The van der Waals surface area contributed by atoms with Crippen molar-refractivity contribution in [1.82, 2.24) is 14.8 Å². The van der Waals surface area contributed by atoms with E-state index < -0.39 is 5.97 Å². The highest BCUT2D eigenvalue weighted by atomic mass is 16.4. The molecular weight excluding hydrogens is 308 g/mol. The standard InChI is InChI=1S/C17H22N4O3/c1-20-8-5-12-3-2-4-14(16(12)20)19-17(24)18-13-6-9-21(10-7-13)11-15(22)23/h2-5,8,13H,6-7,9-11H2,1H3,(H,22,23)(H2,18,19,24). The van der Waals surface area contributed by atoms with Crippen molar-refractivity contribution in [3.63, 3.8) is 0 Å². The van der Waals surface area contributed by atoms with E-state index in [9.17, 15) is 9.59 Å². The molecule has 1 aromatic carbocycles. The fourth-order valence-corrected chi connectivity index (χ4v) is 3.23. The van der Waals surface area contributed by atoms with Crippen molar-refractivity contribution >= 4 is 28.6 Å². The molecule has 2 heterocycles. The van der Waals surface area contributed by atoms with E-state index in [0.29, 0.717) is 13.1 Å². The van der Waals surface area contributed by atoms with Crippen LogP contribution in [0.15, 0.2) is 30.5 Å². The van der Waals surface area contributed by atoms with E-state index in [4.69, 9.17) is 5.11 Å². The summed E-state index contributed by atoms with van der Waals surface area (Å²) in [6.07, 6.45) is 3.48. The zero-order valence-corrected chi connectivity index (χ0v) is 13.7.